The van der Waals surface area contributed by atoms with Crippen molar-refractivity contribution in [2.75, 3.05) is 5.43 Å². The van der Waals surface area contributed by atoms with Crippen LogP contribution in [0.25, 0.3) is 11.3 Å². The molecule has 1 N–H and O–H groups in total. The van der Waals surface area contributed by atoms with Crippen molar-refractivity contribution in [1.29, 1.82) is 0 Å². The topological polar surface area (TPSA) is 80.4 Å². The maximum atomic E-state index is 10.9. The van der Waals surface area contributed by atoms with E-state index in [0.29, 0.717) is 16.4 Å². The number of nitrogens with one attached hydrogen (secondary N) is 1. The van der Waals surface area contributed by atoms with Gasteiger partial charge < -0.3 is 0 Å². The standard InChI is InChI=1S/C18H16N4O2S/c1-13(14-6-3-2-4-7-14)11-19-21-18-20-17(12-25-18)15-8-5-9-16(10-15)22(23)24/h2-13H,1H3,(H,20,21)/t13-/m1/s1. The predicted molar refractivity (Wildman–Crippen MR) is 101 cm³/mol. The van der Waals surface area contributed by atoms with Gasteiger partial charge in [0, 0.05) is 35.2 Å². The quantitative estimate of drug-likeness (QED) is 0.388. The highest BCUT2D eigenvalue weighted by atomic mass is 32.1. The second-order valence-electron chi connectivity index (χ2n) is 5.43. The number of nitro groups is 1. The van der Waals surface area contributed by atoms with E-state index in [2.05, 4.69) is 34.6 Å². The normalized spacial score (nSPS) is 12.2. The van der Waals surface area contributed by atoms with Gasteiger partial charge in [-0.25, -0.2) is 4.98 Å². The number of nitro benzene ring substituents is 1. The van der Waals surface area contributed by atoms with E-state index in [4.69, 9.17) is 0 Å². The number of nitrogens with zero attached hydrogens (tertiary/aromatic N) is 3. The summed E-state index contributed by atoms with van der Waals surface area (Å²) in [4.78, 5) is 14.9. The minimum absolute atomic E-state index is 0.0507. The number of hydrazone groups is 1. The molecule has 0 radical (unpaired) electrons. The van der Waals surface area contributed by atoms with Crippen LogP contribution in [0.15, 0.2) is 65.1 Å². The van der Waals surface area contributed by atoms with Crippen LogP contribution in [0, 0.1) is 10.1 Å². The molecule has 25 heavy (non-hydrogen) atoms. The van der Waals surface area contributed by atoms with Crippen LogP contribution < -0.4 is 5.43 Å². The Kier molecular flexibility index (Phi) is 5.15. The molecule has 3 aromatic rings. The van der Waals surface area contributed by atoms with Crippen LogP contribution in [-0.2, 0) is 0 Å². The Morgan fingerprint density at radius 3 is 2.80 bits per heavy atom. The number of thiazole rings is 1. The molecule has 1 heterocycles. The summed E-state index contributed by atoms with van der Waals surface area (Å²) in [7, 11) is 0. The highest BCUT2D eigenvalue weighted by Crippen LogP contribution is 2.27. The van der Waals surface area contributed by atoms with Gasteiger partial charge in [0.15, 0.2) is 0 Å². The van der Waals surface area contributed by atoms with Gasteiger partial charge in [-0.1, -0.05) is 49.4 Å². The first-order valence-corrected chi connectivity index (χ1v) is 8.56. The first kappa shape index (κ1) is 16.8. The molecule has 6 nitrogen and oxygen atoms in total. The first-order valence-electron chi connectivity index (χ1n) is 7.68. The molecule has 7 heteroatoms. The summed E-state index contributed by atoms with van der Waals surface area (Å²) < 4.78 is 0. The number of aromatic nitrogens is 1. The minimum Gasteiger partial charge on any atom is -0.258 e. The maximum absolute atomic E-state index is 10.9. The molecule has 0 fully saturated rings. The summed E-state index contributed by atoms with van der Waals surface area (Å²) in [6.45, 7) is 2.07. The highest BCUT2D eigenvalue weighted by Gasteiger charge is 2.09. The summed E-state index contributed by atoms with van der Waals surface area (Å²) >= 11 is 1.40. The molecule has 0 bridgehead atoms. The van der Waals surface area contributed by atoms with E-state index >= 15 is 0 Å². The van der Waals surface area contributed by atoms with E-state index in [1.165, 1.54) is 29.0 Å². The van der Waals surface area contributed by atoms with E-state index in [1.807, 2.05) is 29.8 Å². The van der Waals surface area contributed by atoms with Crippen molar-refractivity contribution in [3.63, 3.8) is 0 Å². The van der Waals surface area contributed by atoms with Crippen molar-refractivity contribution in [3.05, 3.63) is 75.7 Å². The Morgan fingerprint density at radius 1 is 1.24 bits per heavy atom. The third-order valence-corrected chi connectivity index (χ3v) is 4.39. The van der Waals surface area contributed by atoms with Crippen molar-refractivity contribution < 1.29 is 4.92 Å². The van der Waals surface area contributed by atoms with Crippen molar-refractivity contribution in [2.45, 2.75) is 12.8 Å². The molecule has 1 atom stereocenters. The Morgan fingerprint density at radius 2 is 2.04 bits per heavy atom. The molecule has 0 aliphatic heterocycles. The number of hydrogen-bond acceptors (Lipinski definition) is 6. The zero-order valence-corrected chi connectivity index (χ0v) is 14.3. The molecule has 0 aliphatic rings. The van der Waals surface area contributed by atoms with Gasteiger partial charge in [0.2, 0.25) is 5.13 Å². The molecule has 126 valence electrons. The molecule has 0 saturated heterocycles. The Hall–Kier alpha value is -3.06. The lowest BCUT2D eigenvalue weighted by molar-refractivity contribution is -0.384. The average molecular weight is 352 g/mol. The van der Waals surface area contributed by atoms with E-state index in [1.54, 1.807) is 12.1 Å². The minimum atomic E-state index is -0.412. The van der Waals surface area contributed by atoms with Crippen LogP contribution in [0.3, 0.4) is 0 Å². The van der Waals surface area contributed by atoms with E-state index in [-0.39, 0.29) is 11.6 Å². The molecule has 0 spiro atoms. The van der Waals surface area contributed by atoms with Crippen molar-refractivity contribution >= 4 is 28.4 Å². The van der Waals surface area contributed by atoms with E-state index in [0.717, 1.165) is 0 Å². The Balaban J connectivity index is 1.67. The van der Waals surface area contributed by atoms with E-state index in [9.17, 15) is 10.1 Å². The second-order valence-corrected chi connectivity index (χ2v) is 6.29. The molecule has 0 amide bonds. The molecule has 2 aromatic carbocycles. The summed E-state index contributed by atoms with van der Waals surface area (Å²) in [5.74, 6) is 0.185. The average Bonchev–Trinajstić information content (AvgIpc) is 3.11. The van der Waals surface area contributed by atoms with Gasteiger partial charge in [-0.2, -0.15) is 5.10 Å². The fourth-order valence-electron chi connectivity index (χ4n) is 2.28. The molecule has 0 unspecified atom stereocenters. The van der Waals surface area contributed by atoms with E-state index < -0.39 is 4.92 Å². The van der Waals surface area contributed by atoms with Crippen LogP contribution in [-0.4, -0.2) is 16.1 Å². The SMILES string of the molecule is C[C@H](C=NNc1nc(-c2cccc([N+](=O)[O-])c2)cs1)c1ccccc1. The summed E-state index contributed by atoms with van der Waals surface area (Å²) in [5, 5.41) is 17.6. The lowest BCUT2D eigenvalue weighted by Gasteiger charge is -2.04. The highest BCUT2D eigenvalue weighted by molar-refractivity contribution is 7.14. The third kappa shape index (κ3) is 4.27. The number of rotatable bonds is 6. The van der Waals surface area contributed by atoms with Crippen molar-refractivity contribution in [3.8, 4) is 11.3 Å². The zero-order valence-electron chi connectivity index (χ0n) is 13.5. The maximum Gasteiger partial charge on any atom is 0.270 e. The fourth-order valence-corrected chi connectivity index (χ4v) is 2.95. The molecule has 1 aromatic heterocycles. The Labute approximate surface area is 149 Å². The molecule has 0 aliphatic carbocycles. The molecular weight excluding hydrogens is 336 g/mol. The fraction of sp³-hybridized carbons (Fsp3) is 0.111. The Bertz CT molecular complexity index is 893. The van der Waals surface area contributed by atoms with Gasteiger partial charge in [0.25, 0.3) is 5.69 Å². The largest absolute Gasteiger partial charge is 0.270 e. The summed E-state index contributed by atoms with van der Waals surface area (Å²) in [6.07, 6.45) is 1.82. The molecular formula is C18H16N4O2S. The van der Waals surface area contributed by atoms with Gasteiger partial charge in [-0.15, -0.1) is 11.3 Å². The number of benzene rings is 2. The smallest absolute Gasteiger partial charge is 0.258 e. The first-order chi connectivity index (χ1) is 12.1. The van der Waals surface area contributed by atoms with Gasteiger partial charge in [0.1, 0.15) is 0 Å². The van der Waals surface area contributed by atoms with Crippen LogP contribution in [0.1, 0.15) is 18.4 Å². The zero-order chi connectivity index (χ0) is 17.6. The summed E-state index contributed by atoms with van der Waals surface area (Å²) in [6, 6.07) is 16.5. The van der Waals surface area contributed by atoms with Gasteiger partial charge in [-0.05, 0) is 5.56 Å². The number of hydrogen-bond donors (Lipinski definition) is 1. The van der Waals surface area contributed by atoms with Gasteiger partial charge in [-0.3, -0.25) is 15.5 Å². The van der Waals surface area contributed by atoms with Gasteiger partial charge >= 0.3 is 0 Å². The van der Waals surface area contributed by atoms with Crippen LogP contribution >= 0.6 is 11.3 Å². The lowest BCUT2D eigenvalue weighted by atomic mass is 10.0. The van der Waals surface area contributed by atoms with Crippen LogP contribution in [0.2, 0.25) is 0 Å². The van der Waals surface area contributed by atoms with Crippen LogP contribution in [0.4, 0.5) is 10.8 Å². The molecule has 3 rings (SSSR count). The summed E-state index contributed by atoms with van der Waals surface area (Å²) in [5.41, 5.74) is 5.54. The molecule has 0 saturated carbocycles. The second kappa shape index (κ2) is 7.67. The van der Waals surface area contributed by atoms with Crippen molar-refractivity contribution in [2.24, 2.45) is 5.10 Å². The monoisotopic (exact) mass is 352 g/mol. The third-order valence-electron chi connectivity index (χ3n) is 3.64. The lowest BCUT2D eigenvalue weighted by Crippen LogP contribution is -1.97. The van der Waals surface area contributed by atoms with Gasteiger partial charge in [0.05, 0.1) is 10.6 Å². The van der Waals surface area contributed by atoms with Crippen LogP contribution in [0.5, 0.6) is 0 Å². The number of non-ortho nitro benzene ring substituents is 1. The van der Waals surface area contributed by atoms with Crippen molar-refractivity contribution in [1.82, 2.24) is 4.98 Å². The predicted octanol–water partition coefficient (Wildman–Crippen LogP) is 4.92. The number of anilines is 1.